The summed E-state index contributed by atoms with van der Waals surface area (Å²) in [4.78, 5) is 7.42. The molecule has 0 bridgehead atoms. The summed E-state index contributed by atoms with van der Waals surface area (Å²) in [6.07, 6.45) is -8.93. The molecule has 0 saturated heterocycles. The second-order valence-corrected chi connectivity index (χ2v) is 5.80. The Morgan fingerprint density at radius 3 is 1.97 bits per heavy atom. The predicted molar refractivity (Wildman–Crippen MR) is 88.2 cm³/mol. The normalized spacial score (nSPS) is 12.0. The lowest BCUT2D eigenvalue weighted by Gasteiger charge is -2.12. The first-order chi connectivity index (χ1) is 13.9. The lowest BCUT2D eigenvalue weighted by Crippen LogP contribution is -2.09. The van der Waals surface area contributed by atoms with Crippen LogP contribution in [0.25, 0.3) is 0 Å². The van der Waals surface area contributed by atoms with Crippen molar-refractivity contribution in [1.82, 2.24) is 9.97 Å². The van der Waals surface area contributed by atoms with Gasteiger partial charge in [0.1, 0.15) is 29.5 Å². The number of anilines is 2. The maximum absolute atomic E-state index is 13.4. The van der Waals surface area contributed by atoms with E-state index in [1.807, 2.05) is 0 Å². The Morgan fingerprint density at radius 2 is 1.33 bits per heavy atom. The molecule has 0 radical (unpaired) electrons. The number of hydrogen-bond acceptors (Lipinski definition) is 4. The maximum Gasteiger partial charge on any atom is 0.419 e. The van der Waals surface area contributed by atoms with Crippen LogP contribution < -0.4 is 10.1 Å². The second kappa shape index (κ2) is 7.76. The minimum Gasteiger partial charge on any atom is -0.439 e. The van der Waals surface area contributed by atoms with Crippen molar-refractivity contribution >= 4 is 11.5 Å². The van der Waals surface area contributed by atoms with E-state index in [-0.39, 0.29) is 23.1 Å². The Bertz CT molecular complexity index is 985. The summed E-state index contributed by atoms with van der Waals surface area (Å²) < 4.78 is 109. The van der Waals surface area contributed by atoms with Crippen LogP contribution in [0.2, 0.25) is 0 Å². The smallest absolute Gasteiger partial charge is 0.419 e. The summed E-state index contributed by atoms with van der Waals surface area (Å²) in [6.45, 7) is 0. The molecule has 0 amide bonds. The Hall–Kier alpha value is -3.44. The number of halogens is 8. The molecule has 30 heavy (non-hydrogen) atoms. The van der Waals surface area contributed by atoms with Crippen LogP contribution in [-0.4, -0.2) is 9.97 Å². The van der Waals surface area contributed by atoms with E-state index >= 15 is 0 Å². The quantitative estimate of drug-likeness (QED) is 0.487. The Labute approximate surface area is 163 Å². The van der Waals surface area contributed by atoms with Gasteiger partial charge in [0.2, 0.25) is 5.88 Å². The van der Waals surface area contributed by atoms with Gasteiger partial charge in [0, 0.05) is 11.8 Å². The SMILES string of the molecule is Fc1ccc(Nc2cc(Oc3ccc(F)c(C(F)(F)F)c3)ncn2)cc1C(F)(F)F. The molecule has 1 aromatic heterocycles. The molecule has 3 aromatic rings. The first-order valence-electron chi connectivity index (χ1n) is 7.94. The number of hydrogen-bond donors (Lipinski definition) is 1. The number of nitrogens with one attached hydrogen (secondary N) is 1. The van der Waals surface area contributed by atoms with Crippen LogP contribution in [0.1, 0.15) is 11.1 Å². The van der Waals surface area contributed by atoms with Gasteiger partial charge in [-0.05, 0) is 36.4 Å². The molecule has 0 fully saturated rings. The molecule has 1 N–H and O–H groups in total. The molecule has 0 unspecified atom stereocenters. The van der Waals surface area contributed by atoms with Crippen molar-refractivity contribution in [2.75, 3.05) is 5.32 Å². The zero-order valence-corrected chi connectivity index (χ0v) is 14.4. The molecule has 1 heterocycles. The minimum atomic E-state index is -4.94. The predicted octanol–water partition coefficient (Wildman–Crippen LogP) is 6.33. The zero-order chi connectivity index (χ0) is 22.1. The zero-order valence-electron chi connectivity index (χ0n) is 14.4. The van der Waals surface area contributed by atoms with Crippen molar-refractivity contribution in [1.29, 1.82) is 0 Å². The number of benzene rings is 2. The first kappa shape index (κ1) is 21.3. The summed E-state index contributed by atoms with van der Waals surface area (Å²) in [6, 6.07) is 5.18. The van der Waals surface area contributed by atoms with Gasteiger partial charge >= 0.3 is 12.4 Å². The van der Waals surface area contributed by atoms with E-state index in [1.54, 1.807) is 0 Å². The highest BCUT2D eigenvalue weighted by Crippen LogP contribution is 2.35. The maximum atomic E-state index is 13.4. The second-order valence-electron chi connectivity index (χ2n) is 5.80. The van der Waals surface area contributed by atoms with Gasteiger partial charge in [-0.25, -0.2) is 18.7 Å². The van der Waals surface area contributed by atoms with E-state index in [9.17, 15) is 35.1 Å². The van der Waals surface area contributed by atoms with E-state index in [1.165, 1.54) is 0 Å². The summed E-state index contributed by atoms with van der Waals surface area (Å²) in [5.41, 5.74) is -3.20. The highest BCUT2D eigenvalue weighted by atomic mass is 19.4. The number of nitrogens with zero attached hydrogens (tertiary/aromatic N) is 2. The van der Waals surface area contributed by atoms with Crippen molar-refractivity contribution in [3.63, 3.8) is 0 Å². The molecule has 0 aliphatic carbocycles. The van der Waals surface area contributed by atoms with Gasteiger partial charge in [0.05, 0.1) is 11.1 Å². The van der Waals surface area contributed by atoms with Gasteiger partial charge in [0.25, 0.3) is 0 Å². The van der Waals surface area contributed by atoms with Gasteiger partial charge in [-0.2, -0.15) is 26.3 Å². The fourth-order valence-electron chi connectivity index (χ4n) is 2.34. The van der Waals surface area contributed by atoms with Gasteiger partial charge in [-0.1, -0.05) is 0 Å². The Morgan fingerprint density at radius 1 is 0.733 bits per heavy atom. The van der Waals surface area contributed by atoms with Gasteiger partial charge < -0.3 is 10.1 Å². The largest absolute Gasteiger partial charge is 0.439 e. The fraction of sp³-hybridized carbons (Fsp3) is 0.111. The summed E-state index contributed by atoms with van der Waals surface area (Å²) in [7, 11) is 0. The number of aromatic nitrogens is 2. The first-order valence-corrected chi connectivity index (χ1v) is 7.94. The van der Waals surface area contributed by atoms with Crippen LogP contribution in [0, 0.1) is 11.6 Å². The third-order valence-corrected chi connectivity index (χ3v) is 3.65. The molecule has 4 nitrogen and oxygen atoms in total. The lowest BCUT2D eigenvalue weighted by molar-refractivity contribution is -0.140. The molecular weight excluding hydrogens is 426 g/mol. The van der Waals surface area contributed by atoms with Crippen LogP contribution in [0.5, 0.6) is 11.6 Å². The van der Waals surface area contributed by atoms with Crippen LogP contribution >= 0.6 is 0 Å². The summed E-state index contributed by atoms with van der Waals surface area (Å²) in [5.74, 6) is -3.69. The standard InChI is InChI=1S/C18H9F8N3O/c19-13-3-1-9(5-11(13)17(21,22)23)29-15-7-16(28-8-27-15)30-10-2-4-14(20)12(6-10)18(24,25)26/h1-8H,(H,27,28,29). The Balaban J connectivity index is 1.83. The van der Waals surface area contributed by atoms with Gasteiger partial charge in [0.15, 0.2) is 0 Å². The number of alkyl halides is 6. The molecule has 0 aliphatic rings. The van der Waals surface area contributed by atoms with E-state index in [0.717, 1.165) is 24.5 Å². The van der Waals surface area contributed by atoms with Crippen molar-refractivity contribution in [3.05, 3.63) is 71.6 Å². The highest BCUT2D eigenvalue weighted by Gasteiger charge is 2.35. The van der Waals surface area contributed by atoms with Gasteiger partial charge in [-0.15, -0.1) is 0 Å². The van der Waals surface area contributed by atoms with E-state index in [0.29, 0.717) is 24.3 Å². The molecule has 0 saturated carbocycles. The van der Waals surface area contributed by atoms with Crippen molar-refractivity contribution < 1.29 is 39.9 Å². The van der Waals surface area contributed by atoms with Crippen molar-refractivity contribution in [2.45, 2.75) is 12.4 Å². The van der Waals surface area contributed by atoms with Gasteiger partial charge in [-0.3, -0.25) is 0 Å². The molecule has 158 valence electrons. The molecular formula is C18H9F8N3O. The van der Waals surface area contributed by atoms with Crippen LogP contribution in [0.3, 0.4) is 0 Å². The number of ether oxygens (including phenoxy) is 1. The third kappa shape index (κ3) is 4.93. The third-order valence-electron chi connectivity index (χ3n) is 3.65. The van der Waals surface area contributed by atoms with E-state index in [4.69, 9.17) is 4.74 Å². The van der Waals surface area contributed by atoms with Crippen molar-refractivity contribution in [2.24, 2.45) is 0 Å². The lowest BCUT2D eigenvalue weighted by atomic mass is 10.2. The monoisotopic (exact) mass is 435 g/mol. The molecule has 0 spiro atoms. The fourth-order valence-corrected chi connectivity index (χ4v) is 2.34. The molecule has 2 aromatic carbocycles. The van der Waals surface area contributed by atoms with E-state index < -0.39 is 35.1 Å². The van der Waals surface area contributed by atoms with Crippen LogP contribution in [-0.2, 0) is 12.4 Å². The molecule has 12 heteroatoms. The van der Waals surface area contributed by atoms with Crippen molar-refractivity contribution in [3.8, 4) is 11.6 Å². The topological polar surface area (TPSA) is 47.0 Å². The average molecular weight is 435 g/mol. The highest BCUT2D eigenvalue weighted by molar-refractivity contribution is 5.58. The number of rotatable bonds is 4. The Kier molecular flexibility index (Phi) is 5.51. The minimum absolute atomic E-state index is 0.0853. The average Bonchev–Trinajstić information content (AvgIpc) is 2.63. The summed E-state index contributed by atoms with van der Waals surface area (Å²) in [5, 5.41) is 2.48. The molecule has 0 aliphatic heterocycles. The summed E-state index contributed by atoms with van der Waals surface area (Å²) >= 11 is 0. The van der Waals surface area contributed by atoms with Crippen LogP contribution in [0.15, 0.2) is 48.8 Å². The molecule has 3 rings (SSSR count). The van der Waals surface area contributed by atoms with Crippen LogP contribution in [0.4, 0.5) is 46.6 Å². The van der Waals surface area contributed by atoms with E-state index in [2.05, 4.69) is 15.3 Å². The molecule has 0 atom stereocenters.